The van der Waals surface area contributed by atoms with Crippen LogP contribution in [0.4, 0.5) is 19.0 Å². The fourth-order valence-corrected chi connectivity index (χ4v) is 1.22. The molecule has 0 radical (unpaired) electrons. The van der Waals surface area contributed by atoms with Gasteiger partial charge in [0.1, 0.15) is 11.5 Å². The fraction of sp³-hybridized carbons (Fsp3) is 0.400. The number of halogens is 3. The summed E-state index contributed by atoms with van der Waals surface area (Å²) in [6, 6.07) is 0.779. The second kappa shape index (κ2) is 5.51. The molecule has 0 aliphatic heterocycles. The Bertz CT molecular complexity index is 424. The van der Waals surface area contributed by atoms with E-state index in [1.807, 2.05) is 0 Å². The van der Waals surface area contributed by atoms with Gasteiger partial charge in [0.2, 0.25) is 0 Å². The van der Waals surface area contributed by atoms with Crippen molar-refractivity contribution in [2.24, 2.45) is 0 Å². The molecule has 0 aliphatic carbocycles. The van der Waals surface area contributed by atoms with Crippen molar-refractivity contribution in [3.63, 3.8) is 0 Å². The van der Waals surface area contributed by atoms with Crippen LogP contribution < -0.4 is 5.73 Å². The maximum absolute atomic E-state index is 13.2. The minimum atomic E-state index is -3.05. The molecule has 1 rings (SSSR count). The number of carbonyl (C=O) groups excluding carboxylic acids is 1. The number of aromatic nitrogens is 1. The van der Waals surface area contributed by atoms with E-state index < -0.39 is 23.9 Å². The molecule has 0 fully saturated rings. The van der Waals surface area contributed by atoms with E-state index >= 15 is 0 Å². The first-order valence-electron chi connectivity index (χ1n) is 4.84. The first-order valence-corrected chi connectivity index (χ1v) is 4.84. The van der Waals surface area contributed by atoms with Crippen molar-refractivity contribution in [1.82, 2.24) is 4.98 Å². The molecular formula is C10H11F3N2O2. The highest BCUT2D eigenvalue weighted by Crippen LogP contribution is 2.23. The van der Waals surface area contributed by atoms with Crippen molar-refractivity contribution in [3.8, 4) is 0 Å². The van der Waals surface area contributed by atoms with Crippen molar-refractivity contribution in [1.29, 1.82) is 0 Å². The van der Waals surface area contributed by atoms with E-state index in [2.05, 4.69) is 9.72 Å². The lowest BCUT2D eigenvalue weighted by Gasteiger charge is -2.08. The summed E-state index contributed by atoms with van der Waals surface area (Å²) in [6.07, 6.45) is -3.35. The summed E-state index contributed by atoms with van der Waals surface area (Å²) in [5.41, 5.74) is 4.37. The smallest absolute Gasteiger partial charge is 0.310 e. The second-order valence-electron chi connectivity index (χ2n) is 3.18. The number of hydrogen-bond acceptors (Lipinski definition) is 4. The molecular weight excluding hydrogens is 237 g/mol. The van der Waals surface area contributed by atoms with E-state index in [1.54, 1.807) is 6.92 Å². The normalized spacial score (nSPS) is 10.6. The number of esters is 1. The van der Waals surface area contributed by atoms with Gasteiger partial charge >= 0.3 is 5.97 Å². The van der Waals surface area contributed by atoms with Gasteiger partial charge in [-0.25, -0.2) is 18.2 Å². The first kappa shape index (κ1) is 13.3. The maximum atomic E-state index is 13.2. The number of carbonyl (C=O) groups is 1. The Morgan fingerprint density at radius 2 is 2.24 bits per heavy atom. The van der Waals surface area contributed by atoms with E-state index in [0.717, 1.165) is 6.07 Å². The van der Waals surface area contributed by atoms with Crippen LogP contribution in [0.3, 0.4) is 0 Å². The Kier molecular flexibility index (Phi) is 4.30. The third-order valence-corrected chi connectivity index (χ3v) is 1.96. The van der Waals surface area contributed by atoms with E-state index in [-0.39, 0.29) is 24.4 Å². The van der Waals surface area contributed by atoms with Gasteiger partial charge in [-0.15, -0.1) is 0 Å². The van der Waals surface area contributed by atoms with Crippen LogP contribution in [0.5, 0.6) is 0 Å². The topological polar surface area (TPSA) is 65.2 Å². The van der Waals surface area contributed by atoms with Crippen molar-refractivity contribution < 1.29 is 22.7 Å². The summed E-state index contributed by atoms with van der Waals surface area (Å²) in [7, 11) is 0. The van der Waals surface area contributed by atoms with Crippen LogP contribution in [0.15, 0.2) is 6.07 Å². The number of alkyl halides is 2. The van der Waals surface area contributed by atoms with E-state index in [4.69, 9.17) is 5.73 Å². The molecule has 4 nitrogen and oxygen atoms in total. The average molecular weight is 248 g/mol. The van der Waals surface area contributed by atoms with Crippen molar-refractivity contribution in [2.45, 2.75) is 19.8 Å². The molecule has 0 saturated carbocycles. The molecule has 0 spiro atoms. The van der Waals surface area contributed by atoms with Gasteiger partial charge in [-0.05, 0) is 13.0 Å². The van der Waals surface area contributed by atoms with Crippen molar-refractivity contribution >= 4 is 11.8 Å². The standard InChI is InChI=1S/C10H11F3N2O2/c1-2-17-7(16)4-5-3-6(11)8(9(12)13)15-10(5)14/h3,9H,2,4H2,1H3,(H2,14,15). The average Bonchev–Trinajstić information content (AvgIpc) is 2.22. The van der Waals surface area contributed by atoms with Gasteiger partial charge in [0, 0.05) is 5.56 Å². The highest BCUT2D eigenvalue weighted by Gasteiger charge is 2.19. The molecule has 17 heavy (non-hydrogen) atoms. The lowest BCUT2D eigenvalue weighted by atomic mass is 10.1. The van der Waals surface area contributed by atoms with Crippen LogP contribution in [0.25, 0.3) is 0 Å². The number of nitrogens with two attached hydrogens (primary N) is 1. The number of hydrogen-bond donors (Lipinski definition) is 1. The van der Waals surface area contributed by atoms with Crippen LogP contribution in [0.2, 0.25) is 0 Å². The molecule has 0 amide bonds. The maximum Gasteiger partial charge on any atom is 0.310 e. The number of rotatable bonds is 4. The van der Waals surface area contributed by atoms with Gasteiger partial charge < -0.3 is 10.5 Å². The molecule has 0 aromatic carbocycles. The van der Waals surface area contributed by atoms with E-state index in [0.29, 0.717) is 0 Å². The zero-order chi connectivity index (χ0) is 13.0. The minimum absolute atomic E-state index is 0.0327. The summed E-state index contributed by atoms with van der Waals surface area (Å²) in [5, 5.41) is 0. The van der Waals surface area contributed by atoms with Gasteiger partial charge in [0.05, 0.1) is 13.0 Å². The van der Waals surface area contributed by atoms with Crippen LogP contribution in [-0.2, 0) is 16.0 Å². The molecule has 0 aliphatic rings. The lowest BCUT2D eigenvalue weighted by Crippen LogP contribution is -2.12. The molecule has 0 bridgehead atoms. The monoisotopic (exact) mass is 248 g/mol. The number of ether oxygens (including phenoxy) is 1. The zero-order valence-electron chi connectivity index (χ0n) is 9.04. The summed E-state index contributed by atoms with van der Waals surface area (Å²) >= 11 is 0. The fourth-order valence-electron chi connectivity index (χ4n) is 1.22. The zero-order valence-corrected chi connectivity index (χ0v) is 9.04. The second-order valence-corrected chi connectivity index (χ2v) is 3.18. The highest BCUT2D eigenvalue weighted by molar-refractivity contribution is 5.74. The molecule has 0 unspecified atom stereocenters. The molecule has 1 aromatic heterocycles. The largest absolute Gasteiger partial charge is 0.466 e. The van der Waals surface area contributed by atoms with Gasteiger partial charge in [-0.2, -0.15) is 0 Å². The lowest BCUT2D eigenvalue weighted by molar-refractivity contribution is -0.142. The van der Waals surface area contributed by atoms with Crippen LogP contribution in [0.1, 0.15) is 24.6 Å². The predicted molar refractivity (Wildman–Crippen MR) is 53.9 cm³/mol. The van der Waals surface area contributed by atoms with Gasteiger partial charge in [0.15, 0.2) is 5.82 Å². The van der Waals surface area contributed by atoms with Gasteiger partial charge in [-0.3, -0.25) is 4.79 Å². The quantitative estimate of drug-likeness (QED) is 0.826. The van der Waals surface area contributed by atoms with Crippen molar-refractivity contribution in [2.75, 3.05) is 12.3 Å². The highest BCUT2D eigenvalue weighted by atomic mass is 19.3. The molecule has 7 heteroatoms. The van der Waals surface area contributed by atoms with Crippen LogP contribution in [-0.4, -0.2) is 17.6 Å². The van der Waals surface area contributed by atoms with Crippen LogP contribution in [0, 0.1) is 5.82 Å². The number of nitrogens with zero attached hydrogens (tertiary/aromatic N) is 1. The van der Waals surface area contributed by atoms with E-state index in [9.17, 15) is 18.0 Å². The molecule has 94 valence electrons. The molecule has 1 heterocycles. The summed E-state index contributed by atoms with van der Waals surface area (Å²) in [4.78, 5) is 14.3. The van der Waals surface area contributed by atoms with Gasteiger partial charge in [0.25, 0.3) is 6.43 Å². The summed E-state index contributed by atoms with van der Waals surface area (Å²) < 4.78 is 42.3. The minimum Gasteiger partial charge on any atom is -0.466 e. The molecule has 2 N–H and O–H groups in total. The number of anilines is 1. The van der Waals surface area contributed by atoms with Crippen molar-refractivity contribution in [3.05, 3.63) is 23.1 Å². The first-order chi connectivity index (χ1) is 7.95. The third kappa shape index (κ3) is 3.33. The predicted octanol–water partition coefficient (Wildman–Crippen LogP) is 1.85. The number of nitrogen functional groups attached to an aromatic ring is 1. The summed E-state index contributed by atoms with van der Waals surface area (Å²) in [6.45, 7) is 1.78. The summed E-state index contributed by atoms with van der Waals surface area (Å²) in [5.74, 6) is -2.10. The van der Waals surface area contributed by atoms with Crippen LogP contribution >= 0.6 is 0 Å². The van der Waals surface area contributed by atoms with E-state index in [1.165, 1.54) is 0 Å². The van der Waals surface area contributed by atoms with Gasteiger partial charge in [-0.1, -0.05) is 0 Å². The Morgan fingerprint density at radius 1 is 1.59 bits per heavy atom. The third-order valence-electron chi connectivity index (χ3n) is 1.96. The SMILES string of the molecule is CCOC(=O)Cc1cc(F)c(C(F)F)nc1N. The molecule has 0 atom stereocenters. The Balaban J connectivity index is 2.95. The molecule has 1 aromatic rings. The molecule has 0 saturated heterocycles. The Morgan fingerprint density at radius 3 is 2.76 bits per heavy atom. The number of pyridine rings is 1. The Labute approximate surface area is 95.6 Å². The Hall–Kier alpha value is -1.79.